The Morgan fingerprint density at radius 3 is 2.62 bits per heavy atom. The van der Waals surface area contributed by atoms with Gasteiger partial charge in [-0.15, -0.1) is 0 Å². The zero-order chi connectivity index (χ0) is 17.2. The van der Waals surface area contributed by atoms with Gasteiger partial charge in [0, 0.05) is 11.5 Å². The van der Waals surface area contributed by atoms with Crippen molar-refractivity contribution in [2.24, 2.45) is 16.7 Å². The lowest BCUT2D eigenvalue weighted by Crippen LogP contribution is -2.43. The van der Waals surface area contributed by atoms with E-state index in [1.165, 1.54) is 10.4 Å². The molecule has 0 N–H and O–H groups in total. The van der Waals surface area contributed by atoms with Gasteiger partial charge in [-0.1, -0.05) is 44.2 Å². The Kier molecular flexibility index (Phi) is 3.27. The molecule has 1 aromatic carbocycles. The first kappa shape index (κ1) is 15.9. The monoisotopic (exact) mass is 345 g/mol. The van der Waals surface area contributed by atoms with Crippen molar-refractivity contribution >= 4 is 22.0 Å². The molecular weight excluding hydrogens is 322 g/mol. The van der Waals surface area contributed by atoms with Gasteiger partial charge in [0.15, 0.2) is 0 Å². The van der Waals surface area contributed by atoms with E-state index in [-0.39, 0.29) is 22.6 Å². The number of amides is 1. The van der Waals surface area contributed by atoms with Gasteiger partial charge in [-0.05, 0) is 42.2 Å². The smallest absolute Gasteiger partial charge is 0.260 e. The predicted octanol–water partition coefficient (Wildman–Crippen LogP) is 3.07. The number of fused-ring (bicyclic) bond motifs is 1. The second kappa shape index (κ2) is 4.94. The summed E-state index contributed by atoms with van der Waals surface area (Å²) in [6, 6.07) is 9.32. The Hall–Kier alpha value is -1.62. The predicted molar refractivity (Wildman–Crippen MR) is 93.5 cm³/mol. The van der Waals surface area contributed by atoms with Crippen molar-refractivity contribution in [3.05, 3.63) is 42.0 Å². The third-order valence-electron chi connectivity index (χ3n) is 6.85. The first-order chi connectivity index (χ1) is 11.3. The second-order valence-corrected chi connectivity index (χ2v) is 9.85. The maximum Gasteiger partial charge on any atom is 0.260 e. The van der Waals surface area contributed by atoms with Gasteiger partial charge in [-0.3, -0.25) is 4.79 Å². The van der Waals surface area contributed by atoms with E-state index in [4.69, 9.17) is 0 Å². The molecule has 4 rings (SSSR count). The van der Waals surface area contributed by atoms with Gasteiger partial charge in [0.2, 0.25) is 10.0 Å². The van der Waals surface area contributed by atoms with Crippen LogP contribution < -0.4 is 0 Å². The van der Waals surface area contributed by atoms with Gasteiger partial charge in [0.1, 0.15) is 0 Å². The van der Waals surface area contributed by atoms with Gasteiger partial charge in [0.25, 0.3) is 5.91 Å². The molecule has 3 fully saturated rings. The number of rotatable bonds is 2. The number of hydrogen-bond donors (Lipinski definition) is 0. The van der Waals surface area contributed by atoms with Crippen LogP contribution in [0.25, 0.3) is 6.08 Å². The summed E-state index contributed by atoms with van der Waals surface area (Å²) in [5.41, 5.74) is 0.626. The fraction of sp³-hybridized carbons (Fsp3) is 0.526. The number of sulfonamides is 1. The van der Waals surface area contributed by atoms with Gasteiger partial charge < -0.3 is 0 Å². The molecule has 1 aliphatic heterocycles. The minimum absolute atomic E-state index is 0.0110. The number of hydrogen-bond acceptors (Lipinski definition) is 3. The van der Waals surface area contributed by atoms with Crippen LogP contribution in [0.15, 0.2) is 36.4 Å². The summed E-state index contributed by atoms with van der Waals surface area (Å²) >= 11 is 0. The molecule has 0 aromatic heterocycles. The minimum atomic E-state index is -3.53. The Labute approximate surface area is 143 Å². The van der Waals surface area contributed by atoms with Crippen LogP contribution in [0.2, 0.25) is 0 Å². The normalized spacial score (nSPS) is 35.5. The van der Waals surface area contributed by atoms with Crippen molar-refractivity contribution in [3.63, 3.8) is 0 Å². The summed E-state index contributed by atoms with van der Waals surface area (Å²) in [5.74, 6) is 0.245. The summed E-state index contributed by atoms with van der Waals surface area (Å²) in [5, 5.41) is 0. The first-order valence-electron chi connectivity index (χ1n) is 8.57. The molecule has 2 aliphatic carbocycles. The van der Waals surface area contributed by atoms with Gasteiger partial charge >= 0.3 is 0 Å². The van der Waals surface area contributed by atoms with E-state index >= 15 is 0 Å². The molecule has 128 valence electrons. The zero-order valence-electron chi connectivity index (χ0n) is 14.1. The third kappa shape index (κ3) is 1.97. The van der Waals surface area contributed by atoms with Gasteiger partial charge in [-0.25, -0.2) is 12.7 Å². The molecule has 1 heterocycles. The van der Waals surface area contributed by atoms with Gasteiger partial charge in [0.05, 0.1) is 11.8 Å². The van der Waals surface area contributed by atoms with E-state index in [0.29, 0.717) is 5.92 Å². The summed E-state index contributed by atoms with van der Waals surface area (Å²) in [4.78, 5) is 12.7. The maximum atomic E-state index is 12.8. The topological polar surface area (TPSA) is 54.5 Å². The highest BCUT2D eigenvalue weighted by atomic mass is 32.2. The van der Waals surface area contributed by atoms with Crippen LogP contribution in [0.4, 0.5) is 0 Å². The molecule has 5 heteroatoms. The summed E-state index contributed by atoms with van der Waals surface area (Å²) in [6.07, 6.45) is 5.92. The molecule has 0 unspecified atom stereocenters. The molecule has 1 aromatic rings. The Balaban J connectivity index is 1.66. The number of nitrogens with zero attached hydrogens (tertiary/aromatic N) is 1. The number of carbonyl (C=O) groups excluding carboxylic acids is 1. The molecule has 3 aliphatic rings. The van der Waals surface area contributed by atoms with E-state index in [1.807, 2.05) is 30.3 Å². The molecule has 1 saturated heterocycles. The highest BCUT2D eigenvalue weighted by molar-refractivity contribution is 7.90. The molecule has 3 atom stereocenters. The Morgan fingerprint density at radius 1 is 1.25 bits per heavy atom. The molecule has 2 bridgehead atoms. The van der Waals surface area contributed by atoms with E-state index in [0.717, 1.165) is 24.8 Å². The molecule has 1 amide bonds. The summed E-state index contributed by atoms with van der Waals surface area (Å²) in [6.45, 7) is 4.38. The van der Waals surface area contributed by atoms with Crippen molar-refractivity contribution in [2.45, 2.75) is 39.2 Å². The average Bonchev–Trinajstić information content (AvgIpc) is 3.01. The van der Waals surface area contributed by atoms with E-state index in [9.17, 15) is 13.2 Å². The Bertz CT molecular complexity index is 812. The molecular formula is C19H23NO3S. The maximum absolute atomic E-state index is 12.8. The van der Waals surface area contributed by atoms with E-state index < -0.39 is 15.9 Å². The van der Waals surface area contributed by atoms with E-state index in [2.05, 4.69) is 13.8 Å². The number of benzene rings is 1. The van der Waals surface area contributed by atoms with Crippen LogP contribution >= 0.6 is 0 Å². The van der Waals surface area contributed by atoms with Crippen molar-refractivity contribution in [3.8, 4) is 0 Å². The SMILES string of the molecule is CC1(C)[C@@H]2CC[C@]13CS(=O)(=O)N(C(=O)/C=C/c1ccccc1)[C@@H]3C2. The fourth-order valence-corrected chi connectivity index (χ4v) is 7.89. The quantitative estimate of drug-likeness (QED) is 0.774. The lowest BCUT2D eigenvalue weighted by atomic mass is 9.69. The lowest BCUT2D eigenvalue weighted by molar-refractivity contribution is -0.123. The zero-order valence-corrected chi connectivity index (χ0v) is 14.9. The summed E-state index contributed by atoms with van der Waals surface area (Å²) in [7, 11) is -3.53. The van der Waals surface area contributed by atoms with Crippen LogP contribution in [0, 0.1) is 16.7 Å². The molecule has 0 radical (unpaired) electrons. The third-order valence-corrected chi connectivity index (χ3v) is 8.76. The van der Waals surface area contributed by atoms with Crippen molar-refractivity contribution in [1.29, 1.82) is 0 Å². The van der Waals surface area contributed by atoms with Crippen molar-refractivity contribution in [2.75, 3.05) is 5.75 Å². The second-order valence-electron chi connectivity index (χ2n) is 8.00. The van der Waals surface area contributed by atoms with E-state index in [1.54, 1.807) is 6.08 Å². The first-order valence-corrected chi connectivity index (χ1v) is 10.2. The molecule has 4 nitrogen and oxygen atoms in total. The highest BCUT2D eigenvalue weighted by Crippen LogP contribution is 2.69. The number of carbonyl (C=O) groups is 1. The highest BCUT2D eigenvalue weighted by Gasteiger charge is 2.72. The summed E-state index contributed by atoms with van der Waals surface area (Å²) < 4.78 is 26.7. The fourth-order valence-electron chi connectivity index (χ4n) is 5.38. The standard InChI is InChI=1S/C19H23NO3S/c1-18(2)15-10-11-19(18)13-24(22,23)20(16(19)12-15)17(21)9-8-14-6-4-3-5-7-14/h3-9,15-16H,10-13H2,1-2H3/b9-8+/t15-,16-,19-/m1/s1. The van der Waals surface area contributed by atoms with Crippen molar-refractivity contribution in [1.82, 2.24) is 4.31 Å². The van der Waals surface area contributed by atoms with Crippen LogP contribution in [0.5, 0.6) is 0 Å². The largest absolute Gasteiger partial charge is 0.269 e. The lowest BCUT2D eigenvalue weighted by Gasteiger charge is -2.36. The molecule has 24 heavy (non-hydrogen) atoms. The van der Waals surface area contributed by atoms with Crippen molar-refractivity contribution < 1.29 is 13.2 Å². The van der Waals surface area contributed by atoms with Crippen LogP contribution in [0.1, 0.15) is 38.7 Å². The van der Waals surface area contributed by atoms with Crippen LogP contribution in [0.3, 0.4) is 0 Å². The molecule has 1 spiro atoms. The van der Waals surface area contributed by atoms with Gasteiger partial charge in [-0.2, -0.15) is 0 Å². The average molecular weight is 345 g/mol. The van der Waals surface area contributed by atoms with Crippen LogP contribution in [-0.4, -0.2) is 30.4 Å². The minimum Gasteiger partial charge on any atom is -0.269 e. The van der Waals surface area contributed by atoms with Crippen LogP contribution in [-0.2, 0) is 14.8 Å². The molecule has 2 saturated carbocycles. The Morgan fingerprint density at radius 2 is 1.96 bits per heavy atom.